The van der Waals surface area contributed by atoms with Crippen LogP contribution in [0.5, 0.6) is 0 Å². The first-order chi connectivity index (χ1) is 8.29. The van der Waals surface area contributed by atoms with Gasteiger partial charge >= 0.3 is 0 Å². The number of halogens is 1. The molecule has 1 unspecified atom stereocenters. The molecule has 2 aromatic rings. The van der Waals surface area contributed by atoms with Gasteiger partial charge in [-0.1, -0.05) is 11.6 Å². The minimum absolute atomic E-state index is 0.182. The van der Waals surface area contributed by atoms with E-state index in [2.05, 4.69) is 15.0 Å². The fourth-order valence-corrected chi connectivity index (χ4v) is 1.90. The van der Waals surface area contributed by atoms with E-state index in [0.29, 0.717) is 22.9 Å². The van der Waals surface area contributed by atoms with E-state index < -0.39 is 6.29 Å². The molecule has 2 atom stereocenters. The molecule has 1 fully saturated rings. The lowest BCUT2D eigenvalue weighted by molar-refractivity contribution is -0.0980. The van der Waals surface area contributed by atoms with Gasteiger partial charge < -0.3 is 14.6 Å². The molecule has 0 amide bonds. The third-order valence-corrected chi connectivity index (χ3v) is 2.78. The van der Waals surface area contributed by atoms with Gasteiger partial charge in [0, 0.05) is 0 Å². The molecule has 90 valence electrons. The summed E-state index contributed by atoms with van der Waals surface area (Å²) in [6.45, 7) is 0.150. The van der Waals surface area contributed by atoms with Crippen LogP contribution in [0.1, 0.15) is 6.23 Å². The lowest BCUT2D eigenvalue weighted by Gasteiger charge is -2.10. The molecule has 1 N–H and O–H groups in total. The average molecular weight is 257 g/mol. The van der Waals surface area contributed by atoms with Crippen LogP contribution in [0, 0.1) is 0 Å². The van der Waals surface area contributed by atoms with Gasteiger partial charge in [-0.05, 0) is 0 Å². The summed E-state index contributed by atoms with van der Waals surface area (Å²) in [4.78, 5) is 12.1. The van der Waals surface area contributed by atoms with E-state index in [4.69, 9.17) is 26.2 Å². The maximum absolute atomic E-state index is 8.92. The number of rotatable bonds is 2. The molecule has 2 aromatic heterocycles. The lowest BCUT2D eigenvalue weighted by Crippen LogP contribution is -2.15. The van der Waals surface area contributed by atoms with Crippen molar-refractivity contribution in [3.8, 4) is 0 Å². The molecule has 1 aliphatic rings. The summed E-state index contributed by atoms with van der Waals surface area (Å²) in [7, 11) is 0. The van der Waals surface area contributed by atoms with E-state index in [-0.39, 0.29) is 12.8 Å². The van der Waals surface area contributed by atoms with Crippen molar-refractivity contribution in [3.63, 3.8) is 0 Å². The molecule has 8 heteroatoms. The van der Waals surface area contributed by atoms with Crippen LogP contribution in [-0.4, -0.2) is 44.1 Å². The van der Waals surface area contributed by atoms with Crippen molar-refractivity contribution < 1.29 is 14.6 Å². The summed E-state index contributed by atoms with van der Waals surface area (Å²) >= 11 is 5.89. The molecule has 1 saturated heterocycles. The van der Waals surface area contributed by atoms with E-state index in [1.54, 1.807) is 10.9 Å². The second-order valence-corrected chi connectivity index (χ2v) is 3.88. The van der Waals surface area contributed by atoms with Gasteiger partial charge in [-0.15, -0.1) is 0 Å². The Morgan fingerprint density at radius 1 is 1.47 bits per heavy atom. The van der Waals surface area contributed by atoms with Crippen molar-refractivity contribution in [2.24, 2.45) is 0 Å². The van der Waals surface area contributed by atoms with Crippen molar-refractivity contribution in [1.82, 2.24) is 19.5 Å². The second kappa shape index (κ2) is 4.19. The minimum Gasteiger partial charge on any atom is -0.391 e. The van der Waals surface area contributed by atoms with Gasteiger partial charge in [-0.3, -0.25) is 4.57 Å². The monoisotopic (exact) mass is 256 g/mol. The third kappa shape index (κ3) is 1.77. The zero-order chi connectivity index (χ0) is 11.8. The predicted molar refractivity (Wildman–Crippen MR) is 57.3 cm³/mol. The van der Waals surface area contributed by atoms with Gasteiger partial charge in [-0.2, -0.15) is 0 Å². The Labute approximate surface area is 101 Å². The topological polar surface area (TPSA) is 82.3 Å². The number of imidazole rings is 1. The molecule has 0 radical (unpaired) electrons. The molecule has 7 nitrogen and oxygen atoms in total. The molecule has 17 heavy (non-hydrogen) atoms. The Kier molecular flexibility index (Phi) is 2.67. The van der Waals surface area contributed by atoms with Gasteiger partial charge in [0.2, 0.25) is 0 Å². The quantitative estimate of drug-likeness (QED) is 0.781. The maximum atomic E-state index is 8.92. The van der Waals surface area contributed by atoms with Gasteiger partial charge in [0.1, 0.15) is 11.8 Å². The molecule has 3 rings (SSSR count). The Bertz CT molecular complexity index is 546. The molecule has 3 heterocycles. The minimum atomic E-state index is -0.602. The highest BCUT2D eigenvalue weighted by atomic mass is 35.5. The number of aliphatic hydroxyl groups is 1. The van der Waals surface area contributed by atoms with E-state index in [0.717, 1.165) is 0 Å². The van der Waals surface area contributed by atoms with Crippen molar-refractivity contribution in [2.45, 2.75) is 12.5 Å². The number of fused-ring (bicyclic) bond motifs is 1. The van der Waals surface area contributed by atoms with Gasteiger partial charge in [0.25, 0.3) is 0 Å². The molecule has 0 saturated carbocycles. The zero-order valence-corrected chi connectivity index (χ0v) is 9.41. The number of aromatic nitrogens is 4. The van der Waals surface area contributed by atoms with Crippen LogP contribution in [0.25, 0.3) is 11.2 Å². The first kappa shape index (κ1) is 10.8. The highest BCUT2D eigenvalue weighted by Gasteiger charge is 2.28. The van der Waals surface area contributed by atoms with Crippen LogP contribution in [0.4, 0.5) is 0 Å². The normalized spacial score (nSPS) is 24.6. The van der Waals surface area contributed by atoms with Gasteiger partial charge in [0.05, 0.1) is 19.5 Å². The third-order valence-electron chi connectivity index (χ3n) is 2.51. The Balaban J connectivity index is 1.99. The number of hydrogen-bond acceptors (Lipinski definition) is 6. The van der Waals surface area contributed by atoms with Crippen molar-refractivity contribution >= 4 is 22.8 Å². The molecular weight excluding hydrogens is 248 g/mol. The lowest BCUT2D eigenvalue weighted by atomic mass is 10.5. The highest BCUT2D eigenvalue weighted by Crippen LogP contribution is 2.25. The van der Waals surface area contributed by atoms with E-state index in [9.17, 15) is 0 Å². The maximum Gasteiger partial charge on any atom is 0.183 e. The van der Waals surface area contributed by atoms with Gasteiger partial charge in [0.15, 0.2) is 23.3 Å². The molecule has 0 aromatic carbocycles. The SMILES string of the molecule is OCC1OC[C@H](n2cnc3c(Cl)ncnc32)O1. The smallest absolute Gasteiger partial charge is 0.183 e. The summed E-state index contributed by atoms with van der Waals surface area (Å²) in [6, 6.07) is 0. The van der Waals surface area contributed by atoms with Crippen molar-refractivity contribution in [3.05, 3.63) is 17.8 Å². The van der Waals surface area contributed by atoms with Crippen LogP contribution < -0.4 is 0 Å². The van der Waals surface area contributed by atoms with Crippen molar-refractivity contribution in [1.29, 1.82) is 0 Å². The summed E-state index contributed by atoms with van der Waals surface area (Å²) in [5, 5.41) is 9.21. The summed E-state index contributed by atoms with van der Waals surface area (Å²) in [6.07, 6.45) is 1.97. The molecule has 0 aliphatic carbocycles. The molecule has 0 bridgehead atoms. The number of hydrogen-bond donors (Lipinski definition) is 1. The highest BCUT2D eigenvalue weighted by molar-refractivity contribution is 6.33. The first-order valence-corrected chi connectivity index (χ1v) is 5.38. The largest absolute Gasteiger partial charge is 0.391 e. The standard InChI is InChI=1S/C9H9ClN4O3/c10-8-7-9(12-3-11-8)14(4-13-7)5-2-16-6(1-15)17-5/h3-6,15H,1-2H2/t5-,6?/m1/s1. The molecule has 0 spiro atoms. The summed E-state index contributed by atoms with van der Waals surface area (Å²) in [5.74, 6) is 0. The molecular formula is C9H9ClN4O3. The Hall–Kier alpha value is -1.28. The van der Waals surface area contributed by atoms with Crippen LogP contribution >= 0.6 is 11.6 Å². The number of aliphatic hydroxyl groups excluding tert-OH is 1. The van der Waals surface area contributed by atoms with Crippen LogP contribution in [0.15, 0.2) is 12.7 Å². The number of nitrogens with zero attached hydrogens (tertiary/aromatic N) is 4. The fraction of sp³-hybridized carbons (Fsp3) is 0.444. The van der Waals surface area contributed by atoms with Crippen LogP contribution in [0.3, 0.4) is 0 Å². The summed E-state index contributed by atoms with van der Waals surface area (Å²) in [5.41, 5.74) is 1.10. The Morgan fingerprint density at radius 2 is 2.35 bits per heavy atom. The Morgan fingerprint density at radius 3 is 3.12 bits per heavy atom. The average Bonchev–Trinajstić information content (AvgIpc) is 2.94. The predicted octanol–water partition coefficient (Wildman–Crippen LogP) is 0.343. The first-order valence-electron chi connectivity index (χ1n) is 5.00. The van der Waals surface area contributed by atoms with E-state index >= 15 is 0 Å². The van der Waals surface area contributed by atoms with Crippen LogP contribution in [0.2, 0.25) is 5.15 Å². The van der Waals surface area contributed by atoms with E-state index in [1.807, 2.05) is 0 Å². The number of ether oxygens (including phenoxy) is 2. The zero-order valence-electron chi connectivity index (χ0n) is 8.65. The van der Waals surface area contributed by atoms with Crippen LogP contribution in [-0.2, 0) is 9.47 Å². The van der Waals surface area contributed by atoms with E-state index in [1.165, 1.54) is 6.33 Å². The fourth-order valence-electron chi connectivity index (χ4n) is 1.72. The van der Waals surface area contributed by atoms with Crippen molar-refractivity contribution in [2.75, 3.05) is 13.2 Å². The second-order valence-electron chi connectivity index (χ2n) is 3.52. The molecule has 1 aliphatic heterocycles. The summed E-state index contributed by atoms with van der Waals surface area (Å²) < 4.78 is 12.4. The van der Waals surface area contributed by atoms with Gasteiger partial charge in [-0.25, -0.2) is 15.0 Å².